The Morgan fingerprint density at radius 2 is 1.89 bits per heavy atom. The maximum atomic E-state index is 9.56. The zero-order chi connectivity index (χ0) is 14.3. The van der Waals surface area contributed by atoms with E-state index in [-0.39, 0.29) is 16.5 Å². The van der Waals surface area contributed by atoms with Crippen LogP contribution in [0.5, 0.6) is 0 Å². The molecule has 1 aromatic rings. The van der Waals surface area contributed by atoms with Crippen LogP contribution >= 0.6 is 15.9 Å². The first-order chi connectivity index (χ1) is 8.70. The molecule has 2 rings (SSSR count). The molecule has 0 unspecified atom stereocenters. The molecule has 0 saturated heterocycles. The summed E-state index contributed by atoms with van der Waals surface area (Å²) in [7, 11) is 0. The van der Waals surface area contributed by atoms with E-state index in [9.17, 15) is 5.26 Å². The van der Waals surface area contributed by atoms with E-state index < -0.39 is 0 Å². The molecular weight excluding hydrogens is 300 g/mol. The van der Waals surface area contributed by atoms with Crippen molar-refractivity contribution in [2.75, 3.05) is 0 Å². The number of nitrogens with one attached hydrogen (secondary N) is 1. The molecule has 102 valence electrons. The number of halogens is 1. The van der Waals surface area contributed by atoms with Gasteiger partial charge < -0.3 is 0 Å². The van der Waals surface area contributed by atoms with Gasteiger partial charge in [0.1, 0.15) is 5.54 Å². The fourth-order valence-electron chi connectivity index (χ4n) is 2.84. The Bertz CT molecular complexity index is 509. The maximum absolute atomic E-state index is 9.56. The van der Waals surface area contributed by atoms with Gasteiger partial charge in [-0.05, 0) is 51.3 Å². The lowest BCUT2D eigenvalue weighted by molar-refractivity contribution is 0.334. The van der Waals surface area contributed by atoms with Gasteiger partial charge in [0.25, 0.3) is 0 Å². The molecule has 0 radical (unpaired) electrons. The molecule has 1 N–H and O–H groups in total. The Kier molecular flexibility index (Phi) is 3.53. The maximum Gasteiger partial charge on any atom is 0.113 e. The summed E-state index contributed by atoms with van der Waals surface area (Å²) in [5, 5.41) is 13.1. The largest absolute Gasteiger partial charge is 0.294 e. The van der Waals surface area contributed by atoms with Crippen molar-refractivity contribution < 1.29 is 0 Å². The molecule has 0 aromatic heterocycles. The third kappa shape index (κ3) is 3.01. The zero-order valence-electron chi connectivity index (χ0n) is 12.0. The fourth-order valence-corrected chi connectivity index (χ4v) is 3.11. The van der Waals surface area contributed by atoms with Gasteiger partial charge in [0, 0.05) is 15.4 Å². The van der Waals surface area contributed by atoms with Crippen LogP contribution in [-0.2, 0) is 6.42 Å². The Balaban J connectivity index is 2.13. The SMILES string of the molecule is CC(C)(C)N[C@]1(C#N)C[C@]1(C)Cc1ccc(Br)cc1. The first-order valence-electron chi connectivity index (χ1n) is 6.65. The minimum Gasteiger partial charge on any atom is -0.294 e. The minimum atomic E-state index is -0.377. The van der Waals surface area contributed by atoms with Crippen molar-refractivity contribution in [3.8, 4) is 6.07 Å². The fraction of sp³-hybridized carbons (Fsp3) is 0.562. The molecule has 1 aliphatic rings. The number of benzene rings is 1. The predicted octanol–water partition coefficient (Wildman–Crippen LogP) is 4.05. The average Bonchev–Trinajstić information content (AvgIpc) is 2.84. The molecule has 3 heteroatoms. The molecule has 1 fully saturated rings. The van der Waals surface area contributed by atoms with Crippen molar-refractivity contribution >= 4 is 15.9 Å². The molecular formula is C16H21BrN2. The van der Waals surface area contributed by atoms with E-state index >= 15 is 0 Å². The summed E-state index contributed by atoms with van der Waals surface area (Å²) in [6, 6.07) is 10.9. The Hall–Kier alpha value is -0.850. The third-order valence-corrected chi connectivity index (χ3v) is 4.38. The smallest absolute Gasteiger partial charge is 0.113 e. The molecule has 0 amide bonds. The van der Waals surface area contributed by atoms with Crippen LogP contribution in [0.15, 0.2) is 28.7 Å². The highest BCUT2D eigenvalue weighted by Gasteiger charge is 2.65. The number of hydrogen-bond acceptors (Lipinski definition) is 2. The van der Waals surface area contributed by atoms with E-state index in [1.165, 1.54) is 5.56 Å². The lowest BCUT2D eigenvalue weighted by atomic mass is 9.92. The van der Waals surface area contributed by atoms with Gasteiger partial charge >= 0.3 is 0 Å². The summed E-state index contributed by atoms with van der Waals surface area (Å²) in [5.41, 5.74) is 0.910. The average molecular weight is 321 g/mol. The summed E-state index contributed by atoms with van der Waals surface area (Å²) in [6.45, 7) is 8.55. The predicted molar refractivity (Wildman–Crippen MR) is 81.8 cm³/mol. The van der Waals surface area contributed by atoms with Crippen LogP contribution in [-0.4, -0.2) is 11.1 Å². The van der Waals surface area contributed by atoms with Gasteiger partial charge in [0.15, 0.2) is 0 Å². The summed E-state index contributed by atoms with van der Waals surface area (Å²) in [4.78, 5) is 0. The topological polar surface area (TPSA) is 35.8 Å². The van der Waals surface area contributed by atoms with Gasteiger partial charge in [0.2, 0.25) is 0 Å². The lowest BCUT2D eigenvalue weighted by Gasteiger charge is -2.28. The van der Waals surface area contributed by atoms with Crippen molar-refractivity contribution in [2.45, 2.75) is 51.6 Å². The van der Waals surface area contributed by atoms with Crippen LogP contribution in [0.4, 0.5) is 0 Å². The molecule has 1 saturated carbocycles. The molecule has 0 heterocycles. The summed E-state index contributed by atoms with van der Waals surface area (Å²) < 4.78 is 1.09. The quantitative estimate of drug-likeness (QED) is 0.911. The summed E-state index contributed by atoms with van der Waals surface area (Å²) in [6.07, 6.45) is 1.86. The molecule has 1 aromatic carbocycles. The van der Waals surface area contributed by atoms with Gasteiger partial charge in [-0.25, -0.2) is 0 Å². The standard InChI is InChI=1S/C16H21BrN2/c1-14(2,3)19-16(11-18)10-15(16,4)9-12-5-7-13(17)8-6-12/h5-8,19H,9-10H2,1-4H3/t15-,16-/m0/s1. The lowest BCUT2D eigenvalue weighted by Crippen LogP contribution is -2.47. The second-order valence-corrected chi connectivity index (χ2v) is 7.85. The molecule has 0 spiro atoms. The number of nitriles is 1. The van der Waals surface area contributed by atoms with Crippen molar-refractivity contribution in [3.05, 3.63) is 34.3 Å². The second kappa shape index (κ2) is 4.61. The van der Waals surface area contributed by atoms with Crippen molar-refractivity contribution in [2.24, 2.45) is 5.41 Å². The van der Waals surface area contributed by atoms with Gasteiger partial charge in [0.05, 0.1) is 6.07 Å². The summed E-state index contributed by atoms with van der Waals surface area (Å²) >= 11 is 3.45. The van der Waals surface area contributed by atoms with E-state index in [2.05, 4.69) is 79.3 Å². The van der Waals surface area contributed by atoms with Crippen molar-refractivity contribution in [3.63, 3.8) is 0 Å². The first-order valence-corrected chi connectivity index (χ1v) is 7.44. The highest BCUT2D eigenvalue weighted by Crippen LogP contribution is 2.58. The van der Waals surface area contributed by atoms with Crippen LogP contribution < -0.4 is 5.32 Å². The Morgan fingerprint density at radius 1 is 1.32 bits per heavy atom. The molecule has 2 atom stereocenters. The van der Waals surface area contributed by atoms with Gasteiger partial charge in [-0.3, -0.25) is 5.32 Å². The Morgan fingerprint density at radius 3 is 2.37 bits per heavy atom. The Labute approximate surface area is 124 Å². The number of hydrogen-bond donors (Lipinski definition) is 1. The van der Waals surface area contributed by atoms with Crippen LogP contribution in [0.1, 0.15) is 39.7 Å². The van der Waals surface area contributed by atoms with Crippen LogP contribution in [0, 0.1) is 16.7 Å². The van der Waals surface area contributed by atoms with Gasteiger partial charge in [-0.2, -0.15) is 5.26 Å². The van der Waals surface area contributed by atoms with Gasteiger partial charge in [-0.1, -0.05) is 35.0 Å². The van der Waals surface area contributed by atoms with E-state index in [1.807, 2.05) is 0 Å². The van der Waals surface area contributed by atoms with E-state index in [1.54, 1.807) is 0 Å². The normalized spacial score (nSPS) is 29.9. The van der Waals surface area contributed by atoms with Crippen molar-refractivity contribution in [1.82, 2.24) is 5.32 Å². The minimum absolute atomic E-state index is 0.0306. The monoisotopic (exact) mass is 320 g/mol. The van der Waals surface area contributed by atoms with Crippen LogP contribution in [0.2, 0.25) is 0 Å². The summed E-state index contributed by atoms with van der Waals surface area (Å²) in [5.74, 6) is 0. The molecule has 2 nitrogen and oxygen atoms in total. The second-order valence-electron chi connectivity index (χ2n) is 6.93. The highest BCUT2D eigenvalue weighted by molar-refractivity contribution is 9.10. The number of nitrogens with zero attached hydrogens (tertiary/aromatic N) is 1. The zero-order valence-corrected chi connectivity index (χ0v) is 13.6. The first kappa shape index (κ1) is 14.6. The van der Waals surface area contributed by atoms with Crippen LogP contribution in [0.25, 0.3) is 0 Å². The van der Waals surface area contributed by atoms with E-state index in [0.717, 1.165) is 17.3 Å². The van der Waals surface area contributed by atoms with Crippen molar-refractivity contribution in [1.29, 1.82) is 5.26 Å². The van der Waals surface area contributed by atoms with Crippen LogP contribution in [0.3, 0.4) is 0 Å². The molecule has 0 bridgehead atoms. The van der Waals surface area contributed by atoms with E-state index in [4.69, 9.17) is 0 Å². The highest BCUT2D eigenvalue weighted by atomic mass is 79.9. The van der Waals surface area contributed by atoms with Gasteiger partial charge in [-0.15, -0.1) is 0 Å². The third-order valence-electron chi connectivity index (χ3n) is 3.85. The molecule has 19 heavy (non-hydrogen) atoms. The van der Waals surface area contributed by atoms with E-state index in [0.29, 0.717) is 0 Å². The molecule has 0 aliphatic heterocycles. The number of rotatable bonds is 3. The molecule has 1 aliphatic carbocycles.